The lowest BCUT2D eigenvalue weighted by Crippen LogP contribution is -2.32. The predicted octanol–water partition coefficient (Wildman–Crippen LogP) is 4.64. The number of halogens is 1. The normalized spacial score (nSPS) is 17.8. The van der Waals surface area contributed by atoms with Crippen molar-refractivity contribution in [3.05, 3.63) is 70.0 Å². The first kappa shape index (κ1) is 25.4. The molecule has 0 saturated carbocycles. The molecule has 0 spiro atoms. The van der Waals surface area contributed by atoms with Crippen molar-refractivity contribution in [2.45, 2.75) is 39.2 Å². The number of benzene rings is 2. The molecule has 0 aromatic heterocycles. The fourth-order valence-electron chi connectivity index (χ4n) is 4.39. The average Bonchev–Trinajstić information content (AvgIpc) is 3.03. The second kappa shape index (κ2) is 10.4. The number of methoxy groups -OCH3 is 1. The summed E-state index contributed by atoms with van der Waals surface area (Å²) in [5.74, 6) is -1.24. The van der Waals surface area contributed by atoms with Gasteiger partial charge in [-0.1, -0.05) is 26.0 Å². The van der Waals surface area contributed by atoms with E-state index in [1.807, 2.05) is 51.9 Å². The van der Waals surface area contributed by atoms with E-state index in [1.165, 1.54) is 17.0 Å². The molecule has 3 rings (SSSR count). The van der Waals surface area contributed by atoms with Crippen LogP contribution in [0.15, 0.2) is 42.0 Å². The number of carbonyl (C=O) groups excluding carboxylic acids is 2. The molecular formula is C27H33FN2O4. The van der Waals surface area contributed by atoms with Gasteiger partial charge in [-0.2, -0.15) is 0 Å². The van der Waals surface area contributed by atoms with E-state index in [9.17, 15) is 19.1 Å². The molecule has 1 atom stereocenters. The maximum absolute atomic E-state index is 13.7. The van der Waals surface area contributed by atoms with E-state index in [-0.39, 0.29) is 17.3 Å². The van der Waals surface area contributed by atoms with Crippen molar-refractivity contribution in [1.29, 1.82) is 0 Å². The second-order valence-corrected chi connectivity index (χ2v) is 9.26. The van der Waals surface area contributed by atoms with Crippen LogP contribution in [0.5, 0.6) is 5.75 Å². The van der Waals surface area contributed by atoms with Gasteiger partial charge < -0.3 is 19.6 Å². The summed E-state index contributed by atoms with van der Waals surface area (Å²) in [7, 11) is 5.46. The molecule has 34 heavy (non-hydrogen) atoms. The van der Waals surface area contributed by atoms with Crippen LogP contribution in [-0.2, 0) is 9.59 Å². The van der Waals surface area contributed by atoms with Gasteiger partial charge >= 0.3 is 0 Å². The number of hydrogen-bond acceptors (Lipinski definition) is 5. The maximum atomic E-state index is 13.7. The molecule has 1 saturated heterocycles. The van der Waals surface area contributed by atoms with Gasteiger partial charge in [0.15, 0.2) is 0 Å². The Morgan fingerprint density at radius 2 is 1.82 bits per heavy atom. The van der Waals surface area contributed by atoms with Crippen LogP contribution in [0.25, 0.3) is 5.76 Å². The van der Waals surface area contributed by atoms with Crippen LogP contribution in [0, 0.1) is 12.7 Å². The first-order valence-electron chi connectivity index (χ1n) is 11.4. The molecule has 1 aliphatic heterocycles. The van der Waals surface area contributed by atoms with Crippen LogP contribution in [0.1, 0.15) is 54.5 Å². The molecule has 1 unspecified atom stereocenters. The van der Waals surface area contributed by atoms with Crippen molar-refractivity contribution in [2.24, 2.45) is 0 Å². The number of rotatable bonds is 8. The molecule has 2 aromatic rings. The summed E-state index contributed by atoms with van der Waals surface area (Å²) in [4.78, 5) is 29.8. The lowest BCUT2D eigenvalue weighted by atomic mass is 9.91. The minimum atomic E-state index is -0.799. The van der Waals surface area contributed by atoms with Crippen LogP contribution in [-0.4, -0.2) is 60.9 Å². The number of aliphatic hydroxyl groups excluding tert-OH is 1. The zero-order valence-electron chi connectivity index (χ0n) is 20.7. The van der Waals surface area contributed by atoms with Gasteiger partial charge in [0.1, 0.15) is 17.3 Å². The topological polar surface area (TPSA) is 70.1 Å². The number of likely N-dealkylation sites (tertiary alicyclic amines) is 1. The molecule has 1 fully saturated rings. The number of Topliss-reactive ketones (excluding diaryl/α,β-unsaturated/α-hetero) is 1. The zero-order chi connectivity index (χ0) is 25.2. The van der Waals surface area contributed by atoms with Gasteiger partial charge in [0.05, 0.1) is 18.7 Å². The van der Waals surface area contributed by atoms with E-state index in [2.05, 4.69) is 0 Å². The highest BCUT2D eigenvalue weighted by Crippen LogP contribution is 2.41. The van der Waals surface area contributed by atoms with E-state index in [4.69, 9.17) is 4.74 Å². The fraction of sp³-hybridized carbons (Fsp3) is 0.407. The van der Waals surface area contributed by atoms with Gasteiger partial charge in [0.25, 0.3) is 11.7 Å². The number of aryl methyl sites for hydroxylation is 1. The molecule has 1 heterocycles. The minimum Gasteiger partial charge on any atom is -0.507 e. The largest absolute Gasteiger partial charge is 0.507 e. The van der Waals surface area contributed by atoms with Gasteiger partial charge in [0, 0.05) is 12.1 Å². The maximum Gasteiger partial charge on any atom is 0.295 e. The summed E-state index contributed by atoms with van der Waals surface area (Å²) in [6.07, 6.45) is 0.650. The standard InChI is InChI=1S/C27H33FN2O4/c1-16(2)20-15-21(17(3)14-22(20)34-6)25(31)23-24(18-8-10-19(28)11-9-18)30(27(33)26(23)32)13-7-12-29(4)5/h8-11,14-16,24,31H,7,12-13H2,1-6H3/b25-23+. The molecule has 0 bridgehead atoms. The summed E-state index contributed by atoms with van der Waals surface area (Å²) in [5, 5.41) is 11.4. The minimum absolute atomic E-state index is 0.0180. The Hall–Kier alpha value is -3.19. The molecule has 0 aliphatic carbocycles. The van der Waals surface area contributed by atoms with E-state index in [0.717, 1.165) is 17.7 Å². The number of ether oxygens (including phenoxy) is 1. The summed E-state index contributed by atoms with van der Waals surface area (Å²) in [5.41, 5.74) is 2.66. The van der Waals surface area contributed by atoms with Gasteiger partial charge in [-0.25, -0.2) is 4.39 Å². The number of aliphatic hydroxyl groups is 1. The molecule has 6 nitrogen and oxygen atoms in total. The molecule has 1 N–H and O–H groups in total. The fourth-order valence-corrected chi connectivity index (χ4v) is 4.39. The van der Waals surface area contributed by atoms with E-state index in [1.54, 1.807) is 19.2 Å². The van der Waals surface area contributed by atoms with Crippen LogP contribution < -0.4 is 4.74 Å². The number of amides is 1. The van der Waals surface area contributed by atoms with Crippen molar-refractivity contribution in [3.63, 3.8) is 0 Å². The Bertz CT molecular complexity index is 1110. The molecule has 7 heteroatoms. The monoisotopic (exact) mass is 468 g/mol. The molecule has 1 amide bonds. The van der Waals surface area contributed by atoms with Crippen molar-refractivity contribution in [1.82, 2.24) is 9.80 Å². The summed E-state index contributed by atoms with van der Waals surface area (Å²) >= 11 is 0. The summed E-state index contributed by atoms with van der Waals surface area (Å²) in [6, 6.07) is 8.54. The average molecular weight is 469 g/mol. The Kier molecular flexibility index (Phi) is 7.77. The van der Waals surface area contributed by atoms with Crippen molar-refractivity contribution in [2.75, 3.05) is 34.3 Å². The third-order valence-electron chi connectivity index (χ3n) is 6.18. The number of hydrogen-bond donors (Lipinski definition) is 1. The number of ketones is 1. The van der Waals surface area contributed by atoms with Crippen molar-refractivity contribution >= 4 is 17.4 Å². The Balaban J connectivity index is 2.18. The number of nitrogens with zero attached hydrogens (tertiary/aromatic N) is 2. The van der Waals surface area contributed by atoms with Crippen LogP contribution in [0.2, 0.25) is 0 Å². The first-order chi connectivity index (χ1) is 16.1. The SMILES string of the molecule is COc1cc(C)c(/C(O)=C2\C(=O)C(=O)N(CCCN(C)C)C2c2ccc(F)cc2)cc1C(C)C. The van der Waals surface area contributed by atoms with E-state index < -0.39 is 23.5 Å². The van der Waals surface area contributed by atoms with Gasteiger partial charge in [0.2, 0.25) is 0 Å². The Morgan fingerprint density at radius 1 is 1.18 bits per heavy atom. The van der Waals surface area contributed by atoms with Gasteiger partial charge in [-0.3, -0.25) is 9.59 Å². The highest BCUT2D eigenvalue weighted by atomic mass is 19.1. The number of carbonyl (C=O) groups is 2. The quantitative estimate of drug-likeness (QED) is 0.347. The molecular weight excluding hydrogens is 435 g/mol. The molecule has 0 radical (unpaired) electrons. The van der Waals surface area contributed by atoms with E-state index >= 15 is 0 Å². The van der Waals surface area contributed by atoms with Gasteiger partial charge in [-0.15, -0.1) is 0 Å². The highest BCUT2D eigenvalue weighted by Gasteiger charge is 2.46. The third-order valence-corrected chi connectivity index (χ3v) is 6.18. The van der Waals surface area contributed by atoms with Crippen LogP contribution in [0.4, 0.5) is 4.39 Å². The highest BCUT2D eigenvalue weighted by molar-refractivity contribution is 6.46. The summed E-state index contributed by atoms with van der Waals surface area (Å²) in [6.45, 7) is 6.91. The van der Waals surface area contributed by atoms with Crippen molar-refractivity contribution in [3.8, 4) is 5.75 Å². The lowest BCUT2D eigenvalue weighted by Gasteiger charge is -2.26. The van der Waals surface area contributed by atoms with Gasteiger partial charge in [-0.05, 0) is 80.9 Å². The zero-order valence-corrected chi connectivity index (χ0v) is 20.7. The Labute approximate surface area is 200 Å². The second-order valence-electron chi connectivity index (χ2n) is 9.26. The van der Waals surface area contributed by atoms with Crippen LogP contribution >= 0.6 is 0 Å². The predicted molar refractivity (Wildman–Crippen MR) is 130 cm³/mol. The Morgan fingerprint density at radius 3 is 2.38 bits per heavy atom. The van der Waals surface area contributed by atoms with E-state index in [0.29, 0.717) is 29.8 Å². The molecule has 1 aliphatic rings. The molecule has 2 aromatic carbocycles. The summed E-state index contributed by atoms with van der Waals surface area (Å²) < 4.78 is 19.2. The third kappa shape index (κ3) is 4.99. The smallest absolute Gasteiger partial charge is 0.295 e. The first-order valence-corrected chi connectivity index (χ1v) is 11.4. The van der Waals surface area contributed by atoms with Crippen molar-refractivity contribution < 1.29 is 23.8 Å². The van der Waals surface area contributed by atoms with Crippen LogP contribution in [0.3, 0.4) is 0 Å². The lowest BCUT2D eigenvalue weighted by molar-refractivity contribution is -0.139. The molecule has 182 valence electrons.